The van der Waals surface area contributed by atoms with Crippen LogP contribution in [0.25, 0.3) is 0 Å². The fraction of sp³-hybridized carbons (Fsp3) is 0.857. The molecule has 0 aliphatic heterocycles. The lowest BCUT2D eigenvalue weighted by Crippen LogP contribution is -2.51. The maximum absolute atomic E-state index is 12.4. The van der Waals surface area contributed by atoms with E-state index in [1.165, 1.54) is 0 Å². The van der Waals surface area contributed by atoms with Crippen LogP contribution < -0.4 is 0 Å². The number of halogens is 8. The van der Waals surface area contributed by atoms with Gasteiger partial charge >= 0.3 is 12.1 Å². The standard InChI is InChI=1S/C7H7F8/c1-2-3(8)4(9)5(10)6(11,12)7(13,14)15/h3-5H,1-2H2/t3?,4?,5-/m0/s1. The van der Waals surface area contributed by atoms with E-state index in [1.807, 2.05) is 0 Å². The first-order valence-corrected chi connectivity index (χ1v) is 3.71. The molecule has 91 valence electrons. The van der Waals surface area contributed by atoms with Crippen LogP contribution in [0.2, 0.25) is 0 Å². The third-order valence-electron chi connectivity index (χ3n) is 1.63. The number of hydrogen-bond acceptors (Lipinski definition) is 0. The van der Waals surface area contributed by atoms with Crippen molar-refractivity contribution in [3.8, 4) is 0 Å². The molecule has 0 N–H and O–H groups in total. The first-order chi connectivity index (χ1) is 6.55. The molecule has 0 fully saturated rings. The summed E-state index contributed by atoms with van der Waals surface area (Å²) in [6, 6.07) is 0. The van der Waals surface area contributed by atoms with Gasteiger partial charge in [0.2, 0.25) is 6.17 Å². The van der Waals surface area contributed by atoms with Crippen molar-refractivity contribution in [2.24, 2.45) is 0 Å². The van der Waals surface area contributed by atoms with Gasteiger partial charge in [0.15, 0.2) is 6.17 Å². The van der Waals surface area contributed by atoms with Crippen molar-refractivity contribution in [1.29, 1.82) is 0 Å². The largest absolute Gasteiger partial charge is 0.456 e. The van der Waals surface area contributed by atoms with Gasteiger partial charge in [0, 0.05) is 0 Å². The zero-order valence-corrected chi connectivity index (χ0v) is 7.17. The fourth-order valence-electron chi connectivity index (χ4n) is 0.699. The molecular formula is C7H7F8. The van der Waals surface area contributed by atoms with Crippen molar-refractivity contribution >= 4 is 0 Å². The Bertz CT molecular complexity index is 198. The summed E-state index contributed by atoms with van der Waals surface area (Å²) in [5, 5.41) is 0. The molecule has 0 saturated carbocycles. The Balaban J connectivity index is 4.77. The summed E-state index contributed by atoms with van der Waals surface area (Å²) >= 11 is 0. The summed E-state index contributed by atoms with van der Waals surface area (Å²) in [6.07, 6.45) is -17.8. The van der Waals surface area contributed by atoms with Crippen molar-refractivity contribution < 1.29 is 35.1 Å². The lowest BCUT2D eigenvalue weighted by molar-refractivity contribution is -0.311. The zero-order valence-electron chi connectivity index (χ0n) is 7.17. The van der Waals surface area contributed by atoms with Gasteiger partial charge in [-0.15, -0.1) is 0 Å². The second kappa shape index (κ2) is 4.52. The molecule has 0 aromatic rings. The first-order valence-electron chi connectivity index (χ1n) is 3.71. The van der Waals surface area contributed by atoms with Crippen LogP contribution in [0.5, 0.6) is 0 Å². The molecule has 0 bridgehead atoms. The Labute approximate surface area is 80.3 Å². The third kappa shape index (κ3) is 2.94. The molecule has 1 radical (unpaired) electrons. The minimum atomic E-state index is -6.25. The summed E-state index contributed by atoms with van der Waals surface area (Å²) in [5.74, 6) is -5.91. The van der Waals surface area contributed by atoms with Gasteiger partial charge in [-0.3, -0.25) is 0 Å². The lowest BCUT2D eigenvalue weighted by Gasteiger charge is -2.26. The summed E-state index contributed by atoms with van der Waals surface area (Å²) in [5.41, 5.74) is 0. The molecule has 15 heavy (non-hydrogen) atoms. The van der Waals surface area contributed by atoms with Crippen LogP contribution >= 0.6 is 0 Å². The second-order valence-electron chi connectivity index (χ2n) is 2.77. The topological polar surface area (TPSA) is 0 Å². The Morgan fingerprint density at radius 1 is 0.933 bits per heavy atom. The number of alkyl halides is 8. The Hall–Kier alpha value is -0.560. The highest BCUT2D eigenvalue weighted by Crippen LogP contribution is 2.42. The van der Waals surface area contributed by atoms with Crippen molar-refractivity contribution in [1.82, 2.24) is 0 Å². The van der Waals surface area contributed by atoms with Gasteiger partial charge in [0.25, 0.3) is 0 Å². The Morgan fingerprint density at radius 3 is 1.60 bits per heavy atom. The van der Waals surface area contributed by atoms with Gasteiger partial charge in [-0.05, 0) is 6.42 Å². The average Bonchev–Trinajstić information content (AvgIpc) is 2.12. The van der Waals surface area contributed by atoms with E-state index in [0.717, 1.165) is 0 Å². The summed E-state index contributed by atoms with van der Waals surface area (Å²) in [4.78, 5) is 0. The molecule has 0 aromatic carbocycles. The molecule has 0 spiro atoms. The minimum absolute atomic E-state index is 0.935. The molecule has 3 atom stereocenters. The van der Waals surface area contributed by atoms with Crippen LogP contribution in [0.4, 0.5) is 35.1 Å². The van der Waals surface area contributed by atoms with E-state index >= 15 is 0 Å². The van der Waals surface area contributed by atoms with Gasteiger partial charge in [-0.25, -0.2) is 13.2 Å². The number of hydrogen-bond donors (Lipinski definition) is 0. The van der Waals surface area contributed by atoms with E-state index < -0.39 is 37.0 Å². The van der Waals surface area contributed by atoms with Gasteiger partial charge in [-0.2, -0.15) is 22.0 Å². The molecule has 0 rings (SSSR count). The molecule has 0 heterocycles. The summed E-state index contributed by atoms with van der Waals surface area (Å²) in [6.45, 7) is 2.73. The van der Waals surface area contributed by atoms with E-state index in [4.69, 9.17) is 0 Å². The molecule has 0 aliphatic carbocycles. The molecule has 0 aromatic heterocycles. The Morgan fingerprint density at radius 2 is 1.33 bits per heavy atom. The molecule has 8 heteroatoms. The highest BCUT2D eigenvalue weighted by atomic mass is 19.4. The van der Waals surface area contributed by atoms with E-state index in [2.05, 4.69) is 6.92 Å². The molecule has 0 saturated heterocycles. The maximum Gasteiger partial charge on any atom is 0.456 e. The maximum atomic E-state index is 12.4. The SMILES string of the molecule is [CH2]CC(F)C(F)[C@H](F)C(F)(F)C(F)(F)F. The highest BCUT2D eigenvalue weighted by molar-refractivity contribution is 4.92. The molecule has 0 aliphatic rings. The van der Waals surface area contributed by atoms with E-state index in [1.54, 1.807) is 0 Å². The first kappa shape index (κ1) is 14.4. The quantitative estimate of drug-likeness (QED) is 0.663. The lowest BCUT2D eigenvalue weighted by atomic mass is 10.0. The normalized spacial score (nSPS) is 19.8. The smallest absolute Gasteiger partial charge is 0.244 e. The zero-order chi connectivity index (χ0) is 12.4. The van der Waals surface area contributed by atoms with Crippen LogP contribution in [-0.2, 0) is 0 Å². The molecular weight excluding hydrogens is 236 g/mol. The van der Waals surface area contributed by atoms with Crippen molar-refractivity contribution in [2.45, 2.75) is 37.0 Å². The fourth-order valence-corrected chi connectivity index (χ4v) is 0.699. The van der Waals surface area contributed by atoms with E-state index in [-0.39, 0.29) is 0 Å². The summed E-state index contributed by atoms with van der Waals surface area (Å²) < 4.78 is 96.0. The third-order valence-corrected chi connectivity index (χ3v) is 1.63. The Kier molecular flexibility index (Phi) is 4.36. The predicted octanol–water partition coefficient (Wildman–Crippen LogP) is 3.42. The molecule has 0 amide bonds. The highest BCUT2D eigenvalue weighted by Gasteiger charge is 2.66. The van der Waals surface area contributed by atoms with Crippen molar-refractivity contribution in [3.63, 3.8) is 0 Å². The van der Waals surface area contributed by atoms with Gasteiger partial charge < -0.3 is 0 Å². The van der Waals surface area contributed by atoms with Crippen LogP contribution in [0.3, 0.4) is 0 Å². The molecule has 0 nitrogen and oxygen atoms in total. The van der Waals surface area contributed by atoms with Crippen molar-refractivity contribution in [2.75, 3.05) is 0 Å². The van der Waals surface area contributed by atoms with Crippen LogP contribution in [-0.4, -0.2) is 30.6 Å². The van der Waals surface area contributed by atoms with Crippen molar-refractivity contribution in [3.05, 3.63) is 6.92 Å². The van der Waals surface area contributed by atoms with Crippen LogP contribution in [0, 0.1) is 6.92 Å². The van der Waals surface area contributed by atoms with E-state index in [9.17, 15) is 35.1 Å². The van der Waals surface area contributed by atoms with Gasteiger partial charge in [0.1, 0.15) is 6.17 Å². The predicted molar refractivity (Wildman–Crippen MR) is 35.7 cm³/mol. The molecule has 2 unspecified atom stereocenters. The van der Waals surface area contributed by atoms with Crippen LogP contribution in [0.15, 0.2) is 0 Å². The van der Waals surface area contributed by atoms with E-state index in [0.29, 0.717) is 0 Å². The van der Waals surface area contributed by atoms with Crippen LogP contribution in [0.1, 0.15) is 6.42 Å². The number of rotatable bonds is 4. The monoisotopic (exact) mass is 243 g/mol. The minimum Gasteiger partial charge on any atom is -0.244 e. The second-order valence-corrected chi connectivity index (χ2v) is 2.77. The van der Waals surface area contributed by atoms with Gasteiger partial charge in [0.05, 0.1) is 0 Å². The van der Waals surface area contributed by atoms with Gasteiger partial charge in [-0.1, -0.05) is 6.92 Å². The summed E-state index contributed by atoms with van der Waals surface area (Å²) in [7, 11) is 0. The average molecular weight is 243 g/mol.